The molecule has 2 rings (SSSR count). The normalized spacial score (nSPS) is 13.5. The van der Waals surface area contributed by atoms with Crippen molar-refractivity contribution in [2.24, 2.45) is 0 Å². The molecule has 0 aliphatic rings. The lowest BCUT2D eigenvalue weighted by molar-refractivity contribution is 0.108. The molecule has 0 aromatic heterocycles. The lowest BCUT2D eigenvalue weighted by atomic mass is 9.95. The van der Waals surface area contributed by atoms with Crippen LogP contribution >= 0.6 is 8.58 Å². The summed E-state index contributed by atoms with van der Waals surface area (Å²) in [5.41, 5.74) is 5.56. The average molecular weight is 415 g/mol. The van der Waals surface area contributed by atoms with Gasteiger partial charge in [-0.1, -0.05) is 19.9 Å². The van der Waals surface area contributed by atoms with E-state index in [1.54, 1.807) is 0 Å². The van der Waals surface area contributed by atoms with Gasteiger partial charge in [0.25, 0.3) is 0 Å². The van der Waals surface area contributed by atoms with Crippen LogP contribution in [0.3, 0.4) is 0 Å². The topological polar surface area (TPSA) is 35.5 Å². The van der Waals surface area contributed by atoms with Crippen molar-refractivity contribution >= 4 is 19.4 Å². The van der Waals surface area contributed by atoms with Gasteiger partial charge < -0.3 is 9.47 Å². The first kappa shape index (κ1) is 23.4. The summed E-state index contributed by atoms with van der Waals surface area (Å²) in [6.07, 6.45) is 2.07. The van der Waals surface area contributed by atoms with Crippen molar-refractivity contribution in [1.82, 2.24) is 0 Å². The zero-order chi connectivity index (χ0) is 21.7. The minimum atomic E-state index is 0.0145. The van der Waals surface area contributed by atoms with E-state index in [0.717, 1.165) is 46.3 Å². The van der Waals surface area contributed by atoms with Crippen LogP contribution in [0.4, 0.5) is 0 Å². The molecule has 0 aliphatic carbocycles. The maximum Gasteiger partial charge on any atom is 0.186 e. The Morgan fingerprint density at radius 3 is 2.14 bits per heavy atom. The van der Waals surface area contributed by atoms with Gasteiger partial charge in [-0.15, -0.1) is 0 Å². The minimum absolute atomic E-state index is 0.0145. The minimum Gasteiger partial charge on any atom is -0.491 e. The van der Waals surface area contributed by atoms with Crippen molar-refractivity contribution in [3.63, 3.8) is 0 Å². The molecule has 4 heteroatoms. The second-order valence-corrected chi connectivity index (χ2v) is 9.16. The maximum absolute atomic E-state index is 13.3. The molecule has 3 unspecified atom stereocenters. The van der Waals surface area contributed by atoms with Crippen LogP contribution in [-0.2, 0) is 0 Å². The molecule has 2 aromatic carbocycles. The number of aryl methyl sites for hydroxylation is 2. The van der Waals surface area contributed by atoms with Crippen molar-refractivity contribution in [3.05, 3.63) is 52.1 Å². The Labute approximate surface area is 178 Å². The highest BCUT2D eigenvalue weighted by Crippen LogP contribution is 2.32. The molecule has 0 spiro atoms. The third-order valence-corrected chi connectivity index (χ3v) is 6.76. The van der Waals surface area contributed by atoms with Gasteiger partial charge >= 0.3 is 0 Å². The summed E-state index contributed by atoms with van der Waals surface area (Å²) in [6, 6.07) is 7.98. The summed E-state index contributed by atoms with van der Waals surface area (Å²) in [7, 11) is 0.0145. The molecular formula is C25H35O3P. The van der Waals surface area contributed by atoms with Crippen molar-refractivity contribution in [1.29, 1.82) is 0 Å². The van der Waals surface area contributed by atoms with Gasteiger partial charge in [0.1, 0.15) is 11.5 Å². The van der Waals surface area contributed by atoms with Crippen LogP contribution in [0.5, 0.6) is 11.5 Å². The molecule has 0 saturated carbocycles. The highest BCUT2D eigenvalue weighted by Gasteiger charge is 2.19. The van der Waals surface area contributed by atoms with Gasteiger partial charge in [-0.2, -0.15) is 0 Å². The third kappa shape index (κ3) is 5.82. The number of carbonyl (C=O) groups is 1. The molecule has 2 aromatic rings. The zero-order valence-corrected chi connectivity index (χ0v) is 20.1. The standard InChI is InChI=1S/C25H35O3P/c1-9-17(5)27-21-11-12-23(22(14-21)28-18(6)10-2)29-25(26)24-16(4)13-15(3)19(7)20(24)8/h11-14,17-18,29H,9-10H2,1-8H3. The SMILES string of the molecule is CCC(C)Oc1ccc(PC(=O)c2c(C)cc(C)c(C)c2C)c(OC(C)CC)c1. The lowest BCUT2D eigenvalue weighted by Crippen LogP contribution is -2.17. The van der Waals surface area contributed by atoms with E-state index >= 15 is 0 Å². The molecule has 0 fully saturated rings. The lowest BCUT2D eigenvalue weighted by Gasteiger charge is -2.19. The van der Waals surface area contributed by atoms with E-state index in [1.807, 2.05) is 32.0 Å². The van der Waals surface area contributed by atoms with E-state index in [0.29, 0.717) is 0 Å². The third-order valence-electron chi connectivity index (χ3n) is 5.60. The molecule has 0 radical (unpaired) electrons. The second-order valence-electron chi connectivity index (χ2n) is 7.92. The first-order valence-corrected chi connectivity index (χ1v) is 11.5. The summed E-state index contributed by atoms with van der Waals surface area (Å²) in [5, 5.41) is 0.934. The number of carbonyl (C=O) groups excluding carboxylic acids is 1. The molecule has 0 heterocycles. The van der Waals surface area contributed by atoms with Crippen molar-refractivity contribution in [3.8, 4) is 11.5 Å². The molecule has 0 aliphatic heterocycles. The van der Waals surface area contributed by atoms with Crippen LogP contribution in [0.15, 0.2) is 24.3 Å². The maximum atomic E-state index is 13.3. The Bertz CT molecular complexity index is 873. The Morgan fingerprint density at radius 2 is 1.52 bits per heavy atom. The Hall–Kier alpha value is -1.86. The molecule has 0 N–H and O–H groups in total. The largest absolute Gasteiger partial charge is 0.491 e. The van der Waals surface area contributed by atoms with Crippen LogP contribution in [0.1, 0.15) is 73.1 Å². The molecule has 158 valence electrons. The Morgan fingerprint density at radius 1 is 0.897 bits per heavy atom. The Balaban J connectivity index is 2.38. The fourth-order valence-corrected chi connectivity index (χ4v) is 4.39. The summed E-state index contributed by atoms with van der Waals surface area (Å²) >= 11 is 0. The van der Waals surface area contributed by atoms with Crippen LogP contribution in [0, 0.1) is 27.7 Å². The molecule has 0 bridgehead atoms. The Kier molecular flexibility index (Phi) is 8.28. The van der Waals surface area contributed by atoms with E-state index in [9.17, 15) is 4.79 Å². The highest BCUT2D eigenvalue weighted by atomic mass is 31.1. The zero-order valence-electron chi connectivity index (χ0n) is 19.1. The number of hydrogen-bond acceptors (Lipinski definition) is 3. The predicted octanol–water partition coefficient (Wildman–Crippen LogP) is 6.42. The van der Waals surface area contributed by atoms with Crippen LogP contribution < -0.4 is 14.8 Å². The van der Waals surface area contributed by atoms with Crippen LogP contribution in [0.25, 0.3) is 0 Å². The molecule has 29 heavy (non-hydrogen) atoms. The van der Waals surface area contributed by atoms with E-state index in [2.05, 4.69) is 47.6 Å². The molecule has 0 saturated heterocycles. The summed E-state index contributed by atoms with van der Waals surface area (Å²) < 4.78 is 12.1. The highest BCUT2D eigenvalue weighted by molar-refractivity contribution is 7.66. The van der Waals surface area contributed by atoms with Crippen molar-refractivity contribution < 1.29 is 14.3 Å². The molecule has 3 nitrogen and oxygen atoms in total. The number of ether oxygens (including phenoxy) is 2. The van der Waals surface area contributed by atoms with Gasteiger partial charge in [0.15, 0.2) is 5.52 Å². The van der Waals surface area contributed by atoms with Crippen LogP contribution in [0.2, 0.25) is 0 Å². The van der Waals surface area contributed by atoms with Crippen molar-refractivity contribution in [2.45, 2.75) is 80.4 Å². The summed E-state index contributed by atoms with van der Waals surface area (Å²) in [5.74, 6) is 1.54. The van der Waals surface area contributed by atoms with E-state index in [-0.39, 0.29) is 26.3 Å². The summed E-state index contributed by atoms with van der Waals surface area (Å²) in [4.78, 5) is 13.3. The quantitative estimate of drug-likeness (QED) is 0.444. The smallest absolute Gasteiger partial charge is 0.186 e. The van der Waals surface area contributed by atoms with Gasteiger partial charge in [0.05, 0.1) is 12.2 Å². The van der Waals surface area contributed by atoms with E-state index < -0.39 is 0 Å². The monoisotopic (exact) mass is 414 g/mol. The molecule has 0 amide bonds. The first-order valence-electron chi connectivity index (χ1n) is 10.5. The van der Waals surface area contributed by atoms with E-state index in [4.69, 9.17) is 9.47 Å². The van der Waals surface area contributed by atoms with Crippen LogP contribution in [-0.4, -0.2) is 17.7 Å². The van der Waals surface area contributed by atoms with Gasteiger partial charge in [0.2, 0.25) is 0 Å². The van der Waals surface area contributed by atoms with Gasteiger partial charge in [0, 0.05) is 16.9 Å². The van der Waals surface area contributed by atoms with Gasteiger partial charge in [-0.05, 0) is 97.4 Å². The molecular weight excluding hydrogens is 379 g/mol. The predicted molar refractivity (Wildman–Crippen MR) is 125 cm³/mol. The van der Waals surface area contributed by atoms with E-state index in [1.165, 1.54) is 11.1 Å². The number of rotatable bonds is 9. The van der Waals surface area contributed by atoms with Gasteiger partial charge in [-0.3, -0.25) is 4.79 Å². The summed E-state index contributed by atoms with van der Waals surface area (Å²) in [6.45, 7) is 16.6. The second kappa shape index (κ2) is 10.3. The fraction of sp³-hybridized carbons (Fsp3) is 0.480. The number of hydrogen-bond donors (Lipinski definition) is 0. The number of benzene rings is 2. The average Bonchev–Trinajstić information content (AvgIpc) is 2.67. The first-order chi connectivity index (χ1) is 13.7. The fourth-order valence-electron chi connectivity index (χ4n) is 3.21. The van der Waals surface area contributed by atoms with Gasteiger partial charge in [-0.25, -0.2) is 0 Å². The molecule has 3 atom stereocenters. The van der Waals surface area contributed by atoms with Crippen molar-refractivity contribution in [2.75, 3.05) is 0 Å².